The van der Waals surface area contributed by atoms with E-state index in [1.807, 2.05) is 0 Å². The molecule has 1 aromatic carbocycles. The fraction of sp³-hybridized carbons (Fsp3) is 0.273. The minimum atomic E-state index is -1.31. The van der Waals surface area contributed by atoms with Crippen LogP contribution in [-0.2, 0) is 4.79 Å². The van der Waals surface area contributed by atoms with E-state index in [9.17, 15) is 9.59 Å². The second-order valence-electron chi connectivity index (χ2n) is 3.89. The Morgan fingerprint density at radius 3 is 2.50 bits per heavy atom. The van der Waals surface area contributed by atoms with E-state index in [0.717, 1.165) is 0 Å². The van der Waals surface area contributed by atoms with Crippen LogP contribution in [0.3, 0.4) is 0 Å². The number of carbonyl (C=O) groups is 2. The van der Waals surface area contributed by atoms with Gasteiger partial charge in [-0.25, -0.2) is 4.79 Å². The Bertz CT molecular complexity index is 429. The molecule has 0 aromatic heterocycles. The summed E-state index contributed by atoms with van der Waals surface area (Å²) < 4.78 is 0. The van der Waals surface area contributed by atoms with Gasteiger partial charge in [0.1, 0.15) is 5.54 Å². The molecule has 1 amide bonds. The highest BCUT2D eigenvalue weighted by Crippen LogP contribution is 2.12. The van der Waals surface area contributed by atoms with Crippen LogP contribution in [0.2, 0.25) is 5.02 Å². The fourth-order valence-electron chi connectivity index (χ4n) is 1.04. The van der Waals surface area contributed by atoms with Crippen LogP contribution in [0.15, 0.2) is 24.3 Å². The van der Waals surface area contributed by atoms with E-state index in [4.69, 9.17) is 16.7 Å². The smallest absolute Gasteiger partial charge is 0.328 e. The zero-order valence-electron chi connectivity index (χ0n) is 8.95. The third-order valence-corrected chi connectivity index (χ3v) is 2.28. The van der Waals surface area contributed by atoms with Gasteiger partial charge in [-0.15, -0.1) is 0 Å². The van der Waals surface area contributed by atoms with Gasteiger partial charge in [0.25, 0.3) is 5.91 Å². The number of carboxylic acids is 1. The third kappa shape index (κ3) is 2.97. The second-order valence-corrected chi connectivity index (χ2v) is 4.33. The Morgan fingerprint density at radius 2 is 2.00 bits per heavy atom. The monoisotopic (exact) mass is 241 g/mol. The van der Waals surface area contributed by atoms with Gasteiger partial charge >= 0.3 is 5.97 Å². The molecular weight excluding hydrogens is 230 g/mol. The van der Waals surface area contributed by atoms with Gasteiger partial charge < -0.3 is 10.4 Å². The highest BCUT2D eigenvalue weighted by molar-refractivity contribution is 6.31. The molecule has 0 spiro atoms. The first kappa shape index (κ1) is 12.5. The topological polar surface area (TPSA) is 66.4 Å². The predicted molar refractivity (Wildman–Crippen MR) is 60.6 cm³/mol. The van der Waals surface area contributed by atoms with Crippen LogP contribution >= 0.6 is 11.6 Å². The van der Waals surface area contributed by atoms with Crippen molar-refractivity contribution in [1.29, 1.82) is 0 Å². The number of nitrogens with one attached hydrogen (secondary N) is 1. The van der Waals surface area contributed by atoms with Crippen LogP contribution in [0.4, 0.5) is 0 Å². The Labute approximate surface area is 98.2 Å². The number of rotatable bonds is 3. The Kier molecular flexibility index (Phi) is 3.55. The van der Waals surface area contributed by atoms with Gasteiger partial charge in [-0.3, -0.25) is 4.79 Å². The molecule has 1 rings (SSSR count). The van der Waals surface area contributed by atoms with Crippen molar-refractivity contribution in [1.82, 2.24) is 5.32 Å². The Morgan fingerprint density at radius 1 is 1.38 bits per heavy atom. The van der Waals surface area contributed by atoms with Gasteiger partial charge in [0.15, 0.2) is 0 Å². The van der Waals surface area contributed by atoms with E-state index in [2.05, 4.69) is 5.32 Å². The molecule has 0 aliphatic rings. The summed E-state index contributed by atoms with van der Waals surface area (Å²) >= 11 is 5.73. The summed E-state index contributed by atoms with van der Waals surface area (Å²) in [7, 11) is 0. The summed E-state index contributed by atoms with van der Waals surface area (Å²) in [6.07, 6.45) is 0. The number of hydrogen-bond acceptors (Lipinski definition) is 2. The van der Waals surface area contributed by atoms with Gasteiger partial charge in [0, 0.05) is 10.6 Å². The standard InChI is InChI=1S/C11H12ClNO3/c1-11(2,10(15)16)13-9(14)7-4-3-5-8(12)6-7/h3-6H,1-2H3,(H,13,14)(H,15,16). The second kappa shape index (κ2) is 4.53. The summed E-state index contributed by atoms with van der Waals surface area (Å²) in [5, 5.41) is 11.7. The molecule has 0 aliphatic carbocycles. The van der Waals surface area contributed by atoms with Crippen LogP contribution in [0, 0.1) is 0 Å². The van der Waals surface area contributed by atoms with Crippen molar-refractivity contribution in [3.63, 3.8) is 0 Å². The maximum Gasteiger partial charge on any atom is 0.328 e. The first-order chi connectivity index (χ1) is 7.33. The summed E-state index contributed by atoms with van der Waals surface area (Å²) in [6.45, 7) is 2.83. The molecule has 16 heavy (non-hydrogen) atoms. The van der Waals surface area contributed by atoms with Crippen molar-refractivity contribution in [2.24, 2.45) is 0 Å². The number of amides is 1. The average molecular weight is 242 g/mol. The number of carbonyl (C=O) groups excluding carboxylic acids is 1. The Balaban J connectivity index is 2.85. The van der Waals surface area contributed by atoms with Crippen LogP contribution in [0.5, 0.6) is 0 Å². The molecular formula is C11H12ClNO3. The van der Waals surface area contributed by atoms with E-state index >= 15 is 0 Å². The highest BCUT2D eigenvalue weighted by atomic mass is 35.5. The molecule has 0 bridgehead atoms. The fourth-order valence-corrected chi connectivity index (χ4v) is 1.23. The average Bonchev–Trinajstić information content (AvgIpc) is 2.16. The molecule has 0 radical (unpaired) electrons. The molecule has 1 aromatic rings. The maximum atomic E-state index is 11.7. The number of aliphatic carboxylic acids is 1. The summed E-state index contributed by atoms with van der Waals surface area (Å²) in [4.78, 5) is 22.5. The molecule has 0 heterocycles. The van der Waals surface area contributed by atoms with E-state index < -0.39 is 17.4 Å². The first-order valence-electron chi connectivity index (χ1n) is 4.64. The van der Waals surface area contributed by atoms with Crippen LogP contribution in [0.25, 0.3) is 0 Å². The van der Waals surface area contributed by atoms with Crippen molar-refractivity contribution in [2.45, 2.75) is 19.4 Å². The number of carboxylic acid groups (broad SMARTS) is 1. The molecule has 2 N–H and O–H groups in total. The Hall–Kier alpha value is -1.55. The van der Waals surface area contributed by atoms with Gasteiger partial charge in [0.05, 0.1) is 0 Å². The van der Waals surface area contributed by atoms with Gasteiger partial charge in [-0.1, -0.05) is 17.7 Å². The lowest BCUT2D eigenvalue weighted by Gasteiger charge is -2.20. The number of benzene rings is 1. The molecule has 4 nitrogen and oxygen atoms in total. The zero-order valence-corrected chi connectivity index (χ0v) is 9.71. The van der Waals surface area contributed by atoms with Crippen molar-refractivity contribution in [3.05, 3.63) is 34.9 Å². The lowest BCUT2D eigenvalue weighted by Crippen LogP contribution is -2.49. The van der Waals surface area contributed by atoms with Crippen molar-refractivity contribution < 1.29 is 14.7 Å². The molecule has 0 saturated heterocycles. The van der Waals surface area contributed by atoms with Crippen molar-refractivity contribution in [2.75, 3.05) is 0 Å². The summed E-state index contributed by atoms with van der Waals surface area (Å²) in [6, 6.07) is 6.32. The van der Waals surface area contributed by atoms with E-state index in [-0.39, 0.29) is 0 Å². The lowest BCUT2D eigenvalue weighted by molar-refractivity contribution is -0.143. The zero-order chi connectivity index (χ0) is 12.3. The van der Waals surface area contributed by atoms with Gasteiger partial charge in [-0.05, 0) is 32.0 Å². The number of hydrogen-bond donors (Lipinski definition) is 2. The largest absolute Gasteiger partial charge is 0.480 e. The molecule has 0 saturated carbocycles. The highest BCUT2D eigenvalue weighted by Gasteiger charge is 2.29. The van der Waals surface area contributed by atoms with Crippen LogP contribution < -0.4 is 5.32 Å². The molecule has 0 aliphatic heterocycles. The minimum Gasteiger partial charge on any atom is -0.480 e. The predicted octanol–water partition coefficient (Wildman–Crippen LogP) is 1.93. The molecule has 0 fully saturated rings. The molecule has 86 valence electrons. The maximum absolute atomic E-state index is 11.7. The van der Waals surface area contributed by atoms with E-state index in [0.29, 0.717) is 10.6 Å². The normalized spacial score (nSPS) is 10.9. The van der Waals surface area contributed by atoms with Crippen molar-refractivity contribution in [3.8, 4) is 0 Å². The van der Waals surface area contributed by atoms with E-state index in [1.165, 1.54) is 19.9 Å². The van der Waals surface area contributed by atoms with Crippen LogP contribution in [0.1, 0.15) is 24.2 Å². The van der Waals surface area contributed by atoms with Crippen LogP contribution in [-0.4, -0.2) is 22.5 Å². The van der Waals surface area contributed by atoms with Gasteiger partial charge in [-0.2, -0.15) is 0 Å². The summed E-state index contributed by atoms with van der Waals surface area (Å²) in [5.41, 5.74) is -0.971. The van der Waals surface area contributed by atoms with Crippen molar-refractivity contribution >= 4 is 23.5 Å². The third-order valence-electron chi connectivity index (χ3n) is 2.05. The molecule has 0 atom stereocenters. The summed E-state index contributed by atoms with van der Waals surface area (Å²) in [5.74, 6) is -1.56. The minimum absolute atomic E-state index is 0.335. The first-order valence-corrected chi connectivity index (χ1v) is 5.02. The lowest BCUT2D eigenvalue weighted by atomic mass is 10.1. The molecule has 0 unspecified atom stereocenters. The van der Waals surface area contributed by atoms with E-state index in [1.54, 1.807) is 18.2 Å². The SMILES string of the molecule is CC(C)(NC(=O)c1cccc(Cl)c1)C(=O)O. The molecule has 5 heteroatoms. The number of halogens is 1. The van der Waals surface area contributed by atoms with Gasteiger partial charge in [0.2, 0.25) is 0 Å². The quantitative estimate of drug-likeness (QED) is 0.850.